The average Bonchev–Trinajstić information content (AvgIpc) is 2.91. The second kappa shape index (κ2) is 5.28. The third-order valence-corrected chi connectivity index (χ3v) is 3.24. The molecular weight excluding hydrogens is 255 g/mol. The van der Waals surface area contributed by atoms with Crippen molar-refractivity contribution in [2.45, 2.75) is 19.5 Å². The Morgan fingerprint density at radius 3 is 2.65 bits per heavy atom. The summed E-state index contributed by atoms with van der Waals surface area (Å²) in [5, 5.41) is 11.7. The number of halogens is 1. The van der Waals surface area contributed by atoms with Crippen LogP contribution >= 0.6 is 0 Å². The van der Waals surface area contributed by atoms with Gasteiger partial charge in [0.25, 0.3) is 0 Å². The van der Waals surface area contributed by atoms with Crippen LogP contribution in [0.1, 0.15) is 19.5 Å². The Morgan fingerprint density at radius 1 is 1.15 bits per heavy atom. The molecule has 0 spiro atoms. The molecule has 0 saturated heterocycles. The highest BCUT2D eigenvalue weighted by molar-refractivity contribution is 5.74. The van der Waals surface area contributed by atoms with Gasteiger partial charge >= 0.3 is 0 Å². The first-order valence-electron chi connectivity index (χ1n) is 6.60. The maximum absolute atomic E-state index is 12.9. The molecule has 0 aliphatic carbocycles. The minimum absolute atomic E-state index is 0.0205. The monoisotopic (exact) mass is 270 g/mol. The van der Waals surface area contributed by atoms with E-state index in [-0.39, 0.29) is 12.0 Å². The predicted molar refractivity (Wildman–Crippen MR) is 76.9 cm³/mol. The highest BCUT2D eigenvalue weighted by Gasteiger charge is 2.13. The highest BCUT2D eigenvalue weighted by atomic mass is 19.1. The van der Waals surface area contributed by atoms with Gasteiger partial charge in [0, 0.05) is 5.69 Å². The van der Waals surface area contributed by atoms with Crippen LogP contribution in [0.15, 0.2) is 48.5 Å². The van der Waals surface area contributed by atoms with Gasteiger partial charge in [-0.05, 0) is 42.8 Å². The number of anilines is 1. The minimum atomic E-state index is -0.241. The fourth-order valence-electron chi connectivity index (χ4n) is 2.19. The van der Waals surface area contributed by atoms with Gasteiger partial charge in [-0.25, -0.2) is 9.07 Å². The summed E-state index contributed by atoms with van der Waals surface area (Å²) in [4.78, 5) is 0. The Morgan fingerprint density at radius 2 is 1.90 bits per heavy atom. The van der Waals surface area contributed by atoms with Crippen molar-refractivity contribution in [3.8, 4) is 0 Å². The van der Waals surface area contributed by atoms with E-state index in [0.717, 1.165) is 23.1 Å². The molecule has 5 heteroatoms. The van der Waals surface area contributed by atoms with E-state index in [4.69, 9.17) is 0 Å². The maximum Gasteiger partial charge on any atom is 0.123 e. The maximum atomic E-state index is 12.9. The molecule has 2 aromatic carbocycles. The van der Waals surface area contributed by atoms with Crippen molar-refractivity contribution in [2.75, 3.05) is 5.32 Å². The van der Waals surface area contributed by atoms with E-state index in [0.29, 0.717) is 0 Å². The molecule has 0 aliphatic heterocycles. The summed E-state index contributed by atoms with van der Waals surface area (Å²) in [5.74, 6) is -0.241. The molecule has 1 N–H and O–H groups in total. The van der Waals surface area contributed by atoms with Gasteiger partial charge in [-0.3, -0.25) is 0 Å². The van der Waals surface area contributed by atoms with Gasteiger partial charge in [0.05, 0.1) is 5.52 Å². The van der Waals surface area contributed by atoms with Crippen LogP contribution in [-0.4, -0.2) is 15.0 Å². The van der Waals surface area contributed by atoms with Crippen LogP contribution in [0.3, 0.4) is 0 Å². The lowest BCUT2D eigenvalue weighted by molar-refractivity contribution is 0.490. The molecular formula is C15H15FN4. The molecule has 0 bridgehead atoms. The number of benzene rings is 2. The lowest BCUT2D eigenvalue weighted by atomic mass is 10.2. The summed E-state index contributed by atoms with van der Waals surface area (Å²) in [6.07, 6.45) is 0.818. The zero-order valence-electron chi connectivity index (χ0n) is 11.1. The van der Waals surface area contributed by atoms with Crippen LogP contribution in [0.2, 0.25) is 0 Å². The van der Waals surface area contributed by atoms with E-state index in [1.54, 1.807) is 12.1 Å². The van der Waals surface area contributed by atoms with Crippen LogP contribution in [-0.2, 0) is 0 Å². The molecule has 1 unspecified atom stereocenters. The smallest absolute Gasteiger partial charge is 0.123 e. The summed E-state index contributed by atoms with van der Waals surface area (Å²) >= 11 is 0. The largest absolute Gasteiger partial charge is 0.364 e. The molecule has 1 atom stereocenters. The van der Waals surface area contributed by atoms with Crippen molar-refractivity contribution in [1.82, 2.24) is 15.0 Å². The SMILES string of the molecule is CCC(Nc1ccc(F)cc1)n1nnc2ccccc21. The number of hydrogen-bond donors (Lipinski definition) is 1. The number of hydrogen-bond acceptors (Lipinski definition) is 3. The van der Waals surface area contributed by atoms with E-state index in [9.17, 15) is 4.39 Å². The number of nitrogens with one attached hydrogen (secondary N) is 1. The van der Waals surface area contributed by atoms with Gasteiger partial charge in [0.1, 0.15) is 17.5 Å². The van der Waals surface area contributed by atoms with Crippen LogP contribution in [0.4, 0.5) is 10.1 Å². The predicted octanol–water partition coefficient (Wildman–Crippen LogP) is 3.59. The minimum Gasteiger partial charge on any atom is -0.364 e. The van der Waals surface area contributed by atoms with Crippen LogP contribution in [0, 0.1) is 5.82 Å². The van der Waals surface area contributed by atoms with Crippen molar-refractivity contribution in [1.29, 1.82) is 0 Å². The number of aromatic nitrogens is 3. The normalized spacial score (nSPS) is 12.5. The first-order valence-corrected chi connectivity index (χ1v) is 6.60. The van der Waals surface area contributed by atoms with Crippen molar-refractivity contribution in [3.63, 3.8) is 0 Å². The Labute approximate surface area is 116 Å². The van der Waals surface area contributed by atoms with Crippen molar-refractivity contribution in [3.05, 3.63) is 54.3 Å². The van der Waals surface area contributed by atoms with Crippen LogP contribution in [0.25, 0.3) is 11.0 Å². The van der Waals surface area contributed by atoms with Gasteiger partial charge < -0.3 is 5.32 Å². The zero-order chi connectivity index (χ0) is 13.9. The molecule has 3 rings (SSSR count). The molecule has 102 valence electrons. The third kappa shape index (κ3) is 2.34. The van der Waals surface area contributed by atoms with E-state index in [1.807, 2.05) is 28.9 Å². The molecule has 3 aromatic rings. The van der Waals surface area contributed by atoms with Gasteiger partial charge in [-0.15, -0.1) is 5.10 Å². The summed E-state index contributed by atoms with van der Waals surface area (Å²) < 4.78 is 14.8. The summed E-state index contributed by atoms with van der Waals surface area (Å²) in [7, 11) is 0. The van der Waals surface area contributed by atoms with Crippen molar-refractivity contribution < 1.29 is 4.39 Å². The summed E-state index contributed by atoms with van der Waals surface area (Å²) in [6.45, 7) is 2.07. The molecule has 1 aromatic heterocycles. The molecule has 0 radical (unpaired) electrons. The number of rotatable bonds is 4. The van der Waals surface area contributed by atoms with Gasteiger partial charge in [-0.1, -0.05) is 24.3 Å². The zero-order valence-corrected chi connectivity index (χ0v) is 11.1. The molecule has 4 nitrogen and oxygen atoms in total. The Balaban J connectivity index is 1.91. The van der Waals surface area contributed by atoms with Gasteiger partial charge in [0.15, 0.2) is 0 Å². The van der Waals surface area contributed by atoms with E-state index < -0.39 is 0 Å². The fourth-order valence-corrected chi connectivity index (χ4v) is 2.19. The molecule has 0 fully saturated rings. The van der Waals surface area contributed by atoms with E-state index >= 15 is 0 Å². The lowest BCUT2D eigenvalue weighted by Gasteiger charge is -2.19. The van der Waals surface area contributed by atoms with E-state index in [1.165, 1.54) is 12.1 Å². The topological polar surface area (TPSA) is 42.7 Å². The first kappa shape index (κ1) is 12.6. The molecule has 1 heterocycles. The Bertz CT molecular complexity index is 705. The second-order valence-corrected chi connectivity index (χ2v) is 4.60. The van der Waals surface area contributed by atoms with Gasteiger partial charge in [-0.2, -0.15) is 0 Å². The highest BCUT2D eigenvalue weighted by Crippen LogP contribution is 2.20. The summed E-state index contributed by atoms with van der Waals surface area (Å²) in [6, 6.07) is 14.1. The standard InChI is InChI=1S/C15H15FN4/c1-2-15(17-12-9-7-11(16)8-10-12)20-14-6-4-3-5-13(14)18-19-20/h3-10,15,17H,2H2,1H3. The first-order chi connectivity index (χ1) is 9.78. The molecule has 0 amide bonds. The summed E-state index contributed by atoms with van der Waals surface area (Å²) in [5.41, 5.74) is 2.71. The Hall–Kier alpha value is -2.43. The van der Waals surface area contributed by atoms with E-state index in [2.05, 4.69) is 22.6 Å². The molecule has 20 heavy (non-hydrogen) atoms. The number of nitrogens with zero attached hydrogens (tertiary/aromatic N) is 3. The quantitative estimate of drug-likeness (QED) is 0.787. The average molecular weight is 270 g/mol. The van der Waals surface area contributed by atoms with Crippen LogP contribution in [0.5, 0.6) is 0 Å². The van der Waals surface area contributed by atoms with Gasteiger partial charge in [0.2, 0.25) is 0 Å². The van der Waals surface area contributed by atoms with Crippen LogP contribution < -0.4 is 5.32 Å². The molecule has 0 saturated carbocycles. The number of fused-ring (bicyclic) bond motifs is 1. The number of para-hydroxylation sites is 1. The van der Waals surface area contributed by atoms with Crippen molar-refractivity contribution >= 4 is 16.7 Å². The molecule has 0 aliphatic rings. The van der Waals surface area contributed by atoms with Crippen molar-refractivity contribution in [2.24, 2.45) is 0 Å². The third-order valence-electron chi connectivity index (χ3n) is 3.24. The Kier molecular flexibility index (Phi) is 3.33. The fraction of sp³-hybridized carbons (Fsp3) is 0.200. The second-order valence-electron chi connectivity index (χ2n) is 4.60. The lowest BCUT2D eigenvalue weighted by Crippen LogP contribution is -2.18.